The Hall–Kier alpha value is -2.64. The maximum Gasteiger partial charge on any atom is 0.243 e. The van der Waals surface area contributed by atoms with E-state index in [4.69, 9.17) is 0 Å². The summed E-state index contributed by atoms with van der Waals surface area (Å²) in [4.78, 5) is 13.1. The quantitative estimate of drug-likeness (QED) is 0.553. The van der Waals surface area contributed by atoms with E-state index < -0.39 is 10.0 Å². The van der Waals surface area contributed by atoms with Crippen LogP contribution in [0.3, 0.4) is 0 Å². The molecule has 1 aliphatic heterocycles. The number of aromatic nitrogens is 1. The molecule has 1 unspecified atom stereocenters. The van der Waals surface area contributed by atoms with Gasteiger partial charge in [-0.15, -0.1) is 0 Å². The number of rotatable bonds is 6. The van der Waals surface area contributed by atoms with Crippen LogP contribution in [-0.2, 0) is 27.8 Å². The monoisotopic (exact) mass is 479 g/mol. The van der Waals surface area contributed by atoms with Crippen molar-refractivity contribution >= 4 is 26.8 Å². The van der Waals surface area contributed by atoms with Crippen molar-refractivity contribution in [2.24, 2.45) is 0 Å². The Kier molecular flexibility index (Phi) is 6.75. The summed E-state index contributed by atoms with van der Waals surface area (Å²) in [6.07, 6.45) is 9.50. The van der Waals surface area contributed by atoms with Gasteiger partial charge in [-0.2, -0.15) is 4.31 Å². The Balaban J connectivity index is 1.25. The zero-order chi connectivity index (χ0) is 23.5. The van der Waals surface area contributed by atoms with Crippen LogP contribution in [0.25, 0.3) is 10.9 Å². The zero-order valence-corrected chi connectivity index (χ0v) is 20.4. The normalized spacial score (nSPS) is 19.5. The first kappa shape index (κ1) is 23.1. The van der Waals surface area contributed by atoms with Gasteiger partial charge < -0.3 is 9.88 Å². The molecule has 1 saturated heterocycles. The molecule has 180 valence electrons. The van der Waals surface area contributed by atoms with E-state index >= 15 is 0 Å². The van der Waals surface area contributed by atoms with Crippen LogP contribution in [0.1, 0.15) is 62.1 Å². The fourth-order valence-electron chi connectivity index (χ4n) is 5.36. The van der Waals surface area contributed by atoms with Crippen LogP contribution >= 0.6 is 0 Å². The Morgan fingerprint density at radius 1 is 0.971 bits per heavy atom. The minimum atomic E-state index is -3.47. The number of carbonyl (C=O) groups excluding carboxylic acids is 1. The van der Waals surface area contributed by atoms with Crippen molar-refractivity contribution in [1.29, 1.82) is 0 Å². The maximum absolute atomic E-state index is 13.1. The Bertz CT molecular complexity index is 1270. The van der Waals surface area contributed by atoms with E-state index in [1.54, 1.807) is 16.4 Å². The lowest BCUT2D eigenvalue weighted by atomic mass is 9.88. The molecule has 1 fully saturated rings. The summed E-state index contributed by atoms with van der Waals surface area (Å²) in [6, 6.07) is 15.7. The SMILES string of the molecule is O=C(CCn1ccc2cc(S(=O)(=O)N3CCCCCC3)ccc21)NC1CCCc2ccccc21. The first-order valence-electron chi connectivity index (χ1n) is 12.5. The van der Waals surface area contributed by atoms with Crippen LogP contribution in [0, 0.1) is 0 Å². The number of carbonyl (C=O) groups is 1. The smallest absolute Gasteiger partial charge is 0.243 e. The topological polar surface area (TPSA) is 71.4 Å². The van der Waals surface area contributed by atoms with Crippen LogP contribution in [0.15, 0.2) is 59.6 Å². The average Bonchev–Trinajstić information content (AvgIpc) is 3.05. The Labute approximate surface area is 202 Å². The molecule has 1 atom stereocenters. The predicted octanol–water partition coefficient (Wildman–Crippen LogP) is 4.79. The lowest BCUT2D eigenvalue weighted by molar-refractivity contribution is -0.122. The molecule has 0 saturated carbocycles. The van der Waals surface area contributed by atoms with Gasteiger partial charge in [0, 0.05) is 43.2 Å². The second-order valence-corrected chi connectivity index (χ2v) is 11.4. The minimum Gasteiger partial charge on any atom is -0.349 e. The van der Waals surface area contributed by atoms with Crippen molar-refractivity contribution in [3.05, 3.63) is 65.9 Å². The third-order valence-corrected chi connectivity index (χ3v) is 9.12. The van der Waals surface area contributed by atoms with Gasteiger partial charge in [0.2, 0.25) is 15.9 Å². The number of nitrogens with zero attached hydrogens (tertiary/aromatic N) is 2. The highest BCUT2D eigenvalue weighted by Gasteiger charge is 2.26. The van der Waals surface area contributed by atoms with E-state index in [0.717, 1.165) is 55.8 Å². The third kappa shape index (κ3) is 4.77. The second kappa shape index (κ2) is 9.92. The molecule has 0 radical (unpaired) electrons. The molecule has 1 aliphatic carbocycles. The van der Waals surface area contributed by atoms with E-state index in [9.17, 15) is 13.2 Å². The van der Waals surface area contributed by atoms with Gasteiger partial charge in [-0.05, 0) is 67.5 Å². The van der Waals surface area contributed by atoms with Gasteiger partial charge in [-0.25, -0.2) is 8.42 Å². The van der Waals surface area contributed by atoms with E-state index in [0.29, 0.717) is 31.0 Å². The predicted molar refractivity (Wildman–Crippen MR) is 134 cm³/mol. The number of aryl methyl sites for hydroxylation is 2. The van der Waals surface area contributed by atoms with Crippen molar-refractivity contribution in [1.82, 2.24) is 14.2 Å². The van der Waals surface area contributed by atoms with Crippen LogP contribution < -0.4 is 5.32 Å². The fourth-order valence-corrected chi connectivity index (χ4v) is 6.91. The van der Waals surface area contributed by atoms with Gasteiger partial charge in [0.25, 0.3) is 0 Å². The number of fused-ring (bicyclic) bond motifs is 2. The van der Waals surface area contributed by atoms with Gasteiger partial charge >= 0.3 is 0 Å². The molecule has 2 heterocycles. The molecule has 1 N–H and O–H groups in total. The molecule has 1 aromatic heterocycles. The largest absolute Gasteiger partial charge is 0.349 e. The van der Waals surface area contributed by atoms with Crippen molar-refractivity contribution in [2.75, 3.05) is 13.1 Å². The number of amides is 1. The lowest BCUT2D eigenvalue weighted by Crippen LogP contribution is -2.31. The summed E-state index contributed by atoms with van der Waals surface area (Å²) < 4.78 is 30.0. The van der Waals surface area contributed by atoms with Crippen LogP contribution in [0.4, 0.5) is 0 Å². The third-order valence-electron chi connectivity index (χ3n) is 7.23. The summed E-state index contributed by atoms with van der Waals surface area (Å²) >= 11 is 0. The van der Waals surface area contributed by atoms with E-state index in [2.05, 4.69) is 23.5 Å². The first-order valence-corrected chi connectivity index (χ1v) is 13.9. The number of nitrogens with one attached hydrogen (secondary N) is 1. The van der Waals surface area contributed by atoms with Crippen molar-refractivity contribution in [3.63, 3.8) is 0 Å². The molecule has 7 heteroatoms. The van der Waals surface area contributed by atoms with Crippen LogP contribution in [0.2, 0.25) is 0 Å². The fraction of sp³-hybridized carbons (Fsp3) is 0.444. The maximum atomic E-state index is 13.1. The average molecular weight is 480 g/mol. The Morgan fingerprint density at radius 2 is 1.76 bits per heavy atom. The first-order chi connectivity index (χ1) is 16.5. The van der Waals surface area contributed by atoms with E-state index in [1.807, 2.05) is 29.0 Å². The van der Waals surface area contributed by atoms with Crippen molar-refractivity contribution in [2.45, 2.75) is 68.8 Å². The van der Waals surface area contributed by atoms with E-state index in [-0.39, 0.29) is 11.9 Å². The van der Waals surface area contributed by atoms with E-state index in [1.165, 1.54) is 11.1 Å². The molecule has 1 amide bonds. The minimum absolute atomic E-state index is 0.0453. The number of sulfonamides is 1. The number of benzene rings is 2. The van der Waals surface area contributed by atoms with Gasteiger partial charge in [0.15, 0.2) is 0 Å². The molecular weight excluding hydrogens is 446 g/mol. The summed E-state index contributed by atoms with van der Waals surface area (Å²) in [6.45, 7) is 1.76. The molecular formula is C27H33N3O3S. The summed E-state index contributed by atoms with van der Waals surface area (Å²) in [5, 5.41) is 4.11. The van der Waals surface area contributed by atoms with Gasteiger partial charge in [0.05, 0.1) is 10.9 Å². The van der Waals surface area contributed by atoms with Crippen molar-refractivity contribution < 1.29 is 13.2 Å². The second-order valence-electron chi connectivity index (χ2n) is 9.51. The van der Waals surface area contributed by atoms with Crippen molar-refractivity contribution in [3.8, 4) is 0 Å². The number of hydrogen-bond acceptors (Lipinski definition) is 3. The molecule has 0 spiro atoms. The van der Waals surface area contributed by atoms with Gasteiger partial charge in [0.1, 0.15) is 0 Å². The molecule has 6 nitrogen and oxygen atoms in total. The lowest BCUT2D eigenvalue weighted by Gasteiger charge is -2.26. The number of hydrogen-bond donors (Lipinski definition) is 1. The molecule has 2 aromatic carbocycles. The van der Waals surface area contributed by atoms with Gasteiger partial charge in [-0.3, -0.25) is 4.79 Å². The molecule has 34 heavy (non-hydrogen) atoms. The van der Waals surface area contributed by atoms with Crippen LogP contribution in [0.5, 0.6) is 0 Å². The Morgan fingerprint density at radius 3 is 2.59 bits per heavy atom. The summed E-state index contributed by atoms with van der Waals surface area (Å²) in [5.74, 6) is 0.0453. The summed E-state index contributed by atoms with van der Waals surface area (Å²) in [7, 11) is -3.47. The molecule has 5 rings (SSSR count). The summed E-state index contributed by atoms with van der Waals surface area (Å²) in [5.41, 5.74) is 3.53. The van der Waals surface area contributed by atoms with Gasteiger partial charge in [-0.1, -0.05) is 37.1 Å². The highest BCUT2D eigenvalue weighted by molar-refractivity contribution is 7.89. The zero-order valence-electron chi connectivity index (χ0n) is 19.6. The molecule has 0 bridgehead atoms. The van der Waals surface area contributed by atoms with Crippen LogP contribution in [-0.4, -0.2) is 36.3 Å². The molecule has 2 aliphatic rings. The highest BCUT2D eigenvalue weighted by atomic mass is 32.2. The molecule has 3 aromatic rings. The highest BCUT2D eigenvalue weighted by Crippen LogP contribution is 2.29. The standard InChI is InChI=1S/C27H33N3O3S/c31-27(28-25-11-7-9-21-8-3-4-10-24(21)25)15-19-29-18-14-22-20-23(12-13-26(22)29)34(32,33)30-16-5-1-2-6-17-30/h3-4,8,10,12-14,18,20,25H,1-2,5-7,9,11,15-17,19H2,(H,28,31).